The second-order valence-corrected chi connectivity index (χ2v) is 4.34. The fourth-order valence-corrected chi connectivity index (χ4v) is 2.31. The fourth-order valence-electron chi connectivity index (χ4n) is 1.78. The lowest BCUT2D eigenvalue weighted by Crippen LogP contribution is -2.44. The van der Waals surface area contributed by atoms with Crippen molar-refractivity contribution in [3.05, 3.63) is 0 Å². The van der Waals surface area contributed by atoms with E-state index in [-0.39, 0.29) is 0 Å². The van der Waals surface area contributed by atoms with Gasteiger partial charge < -0.3 is 9.47 Å². The molecule has 0 radical (unpaired) electrons. The standard InChI is InChI=1S/C7H13NO4S/c9-13(10)8-3-1-7(2-4-8)11-5-6-12-7/h13H,1-6H2. The zero-order valence-corrected chi connectivity index (χ0v) is 8.16. The smallest absolute Gasteiger partial charge is 0.203 e. The van der Waals surface area contributed by atoms with E-state index in [1.807, 2.05) is 0 Å². The van der Waals surface area contributed by atoms with Gasteiger partial charge in [-0.3, -0.25) is 0 Å². The van der Waals surface area contributed by atoms with Crippen LogP contribution in [0.4, 0.5) is 0 Å². The Balaban J connectivity index is 1.95. The van der Waals surface area contributed by atoms with E-state index in [1.165, 1.54) is 4.31 Å². The normalized spacial score (nSPS) is 28.7. The van der Waals surface area contributed by atoms with Crippen LogP contribution in [-0.2, 0) is 20.4 Å². The Morgan fingerprint density at radius 2 is 1.62 bits per heavy atom. The monoisotopic (exact) mass is 207 g/mol. The quantitative estimate of drug-likeness (QED) is 0.581. The Labute approximate surface area is 78.7 Å². The Morgan fingerprint density at radius 1 is 1.08 bits per heavy atom. The van der Waals surface area contributed by atoms with E-state index in [0.717, 1.165) is 0 Å². The van der Waals surface area contributed by atoms with Crippen molar-refractivity contribution in [1.82, 2.24) is 4.31 Å². The van der Waals surface area contributed by atoms with Gasteiger partial charge in [0.25, 0.3) is 0 Å². The summed E-state index contributed by atoms with van der Waals surface area (Å²) in [6, 6.07) is 0. The van der Waals surface area contributed by atoms with Crippen LogP contribution < -0.4 is 0 Å². The van der Waals surface area contributed by atoms with Gasteiger partial charge in [-0.1, -0.05) is 0 Å². The van der Waals surface area contributed by atoms with Crippen LogP contribution >= 0.6 is 0 Å². The highest BCUT2D eigenvalue weighted by Gasteiger charge is 2.40. The average Bonchev–Trinajstić information content (AvgIpc) is 2.54. The largest absolute Gasteiger partial charge is 0.347 e. The molecule has 0 atom stereocenters. The zero-order valence-electron chi connectivity index (χ0n) is 7.27. The number of piperidine rings is 1. The van der Waals surface area contributed by atoms with Crippen LogP contribution in [0.5, 0.6) is 0 Å². The van der Waals surface area contributed by atoms with Crippen molar-refractivity contribution in [1.29, 1.82) is 0 Å². The molecule has 2 rings (SSSR count). The Morgan fingerprint density at radius 3 is 2.08 bits per heavy atom. The molecule has 0 bridgehead atoms. The van der Waals surface area contributed by atoms with Crippen molar-refractivity contribution in [2.24, 2.45) is 0 Å². The minimum absolute atomic E-state index is 0.470. The molecule has 2 aliphatic rings. The minimum atomic E-state index is -2.43. The van der Waals surface area contributed by atoms with Crippen LogP contribution in [0.2, 0.25) is 0 Å². The lowest BCUT2D eigenvalue weighted by Gasteiger charge is -2.34. The number of hydrogen-bond acceptors (Lipinski definition) is 4. The topological polar surface area (TPSA) is 55.8 Å². The number of rotatable bonds is 1. The van der Waals surface area contributed by atoms with E-state index in [9.17, 15) is 8.42 Å². The molecule has 1 spiro atoms. The summed E-state index contributed by atoms with van der Waals surface area (Å²) in [5, 5.41) is 0. The van der Waals surface area contributed by atoms with E-state index in [4.69, 9.17) is 9.47 Å². The predicted octanol–water partition coefficient (Wildman–Crippen LogP) is -0.648. The Bertz CT molecular complexity index is 241. The maximum absolute atomic E-state index is 10.6. The van der Waals surface area contributed by atoms with Gasteiger partial charge in [-0.25, -0.2) is 12.7 Å². The number of hydrogen-bond donors (Lipinski definition) is 1. The number of nitrogens with zero attached hydrogens (tertiary/aromatic N) is 1. The number of thiol groups is 1. The molecule has 2 saturated heterocycles. The van der Waals surface area contributed by atoms with Crippen molar-refractivity contribution in [3.8, 4) is 0 Å². The molecule has 0 saturated carbocycles. The predicted molar refractivity (Wildman–Crippen MR) is 45.8 cm³/mol. The molecule has 0 aromatic heterocycles. The minimum Gasteiger partial charge on any atom is -0.347 e. The second-order valence-electron chi connectivity index (χ2n) is 3.30. The third-order valence-corrected chi connectivity index (χ3v) is 3.41. The maximum atomic E-state index is 10.6. The summed E-state index contributed by atoms with van der Waals surface area (Å²) in [6.07, 6.45) is 1.30. The van der Waals surface area contributed by atoms with Crippen molar-refractivity contribution in [3.63, 3.8) is 0 Å². The van der Waals surface area contributed by atoms with Crippen molar-refractivity contribution in [2.45, 2.75) is 18.6 Å². The van der Waals surface area contributed by atoms with Gasteiger partial charge in [0.2, 0.25) is 10.9 Å². The third kappa shape index (κ3) is 1.85. The van der Waals surface area contributed by atoms with Crippen molar-refractivity contribution >= 4 is 10.9 Å². The van der Waals surface area contributed by atoms with Crippen molar-refractivity contribution < 1.29 is 17.9 Å². The molecule has 0 amide bonds. The molecule has 6 heteroatoms. The Hall–Kier alpha value is -0.170. The van der Waals surface area contributed by atoms with E-state index in [1.54, 1.807) is 0 Å². The van der Waals surface area contributed by atoms with Crippen LogP contribution in [0.15, 0.2) is 0 Å². The van der Waals surface area contributed by atoms with Gasteiger partial charge in [0.05, 0.1) is 13.2 Å². The summed E-state index contributed by atoms with van der Waals surface area (Å²) in [4.78, 5) is 0. The molecule has 0 aromatic carbocycles. The summed E-state index contributed by atoms with van der Waals surface area (Å²) >= 11 is 0. The first-order valence-corrected chi connectivity index (χ1v) is 5.52. The highest BCUT2D eigenvalue weighted by atomic mass is 32.2. The van der Waals surface area contributed by atoms with Crippen LogP contribution in [0.3, 0.4) is 0 Å². The molecule has 5 nitrogen and oxygen atoms in total. The van der Waals surface area contributed by atoms with Gasteiger partial charge in [0.15, 0.2) is 5.79 Å². The van der Waals surface area contributed by atoms with Crippen LogP contribution in [0.25, 0.3) is 0 Å². The summed E-state index contributed by atoms with van der Waals surface area (Å²) in [5.41, 5.74) is 0. The molecule has 0 N–H and O–H groups in total. The average molecular weight is 207 g/mol. The van der Waals surface area contributed by atoms with Gasteiger partial charge in [-0.15, -0.1) is 0 Å². The first-order valence-electron chi connectivity index (χ1n) is 4.39. The molecule has 2 heterocycles. The molecule has 13 heavy (non-hydrogen) atoms. The molecule has 0 unspecified atom stereocenters. The van der Waals surface area contributed by atoms with Gasteiger partial charge in [-0.2, -0.15) is 0 Å². The van der Waals surface area contributed by atoms with Crippen LogP contribution in [0.1, 0.15) is 12.8 Å². The second kappa shape index (κ2) is 3.53. The summed E-state index contributed by atoms with van der Waals surface area (Å²) in [5.74, 6) is -0.470. The first-order chi connectivity index (χ1) is 6.22. The van der Waals surface area contributed by atoms with E-state index >= 15 is 0 Å². The van der Waals surface area contributed by atoms with E-state index < -0.39 is 16.7 Å². The zero-order chi connectivity index (χ0) is 9.31. The molecular formula is C7H13NO4S. The lowest BCUT2D eigenvalue weighted by atomic mass is 10.1. The van der Waals surface area contributed by atoms with Gasteiger partial charge in [0, 0.05) is 25.9 Å². The molecule has 76 valence electrons. The van der Waals surface area contributed by atoms with Gasteiger partial charge in [0.1, 0.15) is 0 Å². The fraction of sp³-hybridized carbons (Fsp3) is 1.00. The highest BCUT2D eigenvalue weighted by molar-refractivity contribution is 7.69. The van der Waals surface area contributed by atoms with Crippen LogP contribution in [-0.4, -0.2) is 44.8 Å². The lowest BCUT2D eigenvalue weighted by molar-refractivity contribution is -0.179. The summed E-state index contributed by atoms with van der Waals surface area (Å²) in [6.45, 7) is 2.28. The SMILES string of the molecule is O=[SH](=O)N1CCC2(CC1)OCCO2. The van der Waals surface area contributed by atoms with E-state index in [2.05, 4.69) is 0 Å². The summed E-state index contributed by atoms with van der Waals surface area (Å²) < 4.78 is 33.6. The molecule has 2 fully saturated rings. The highest BCUT2D eigenvalue weighted by Crippen LogP contribution is 2.30. The Kier molecular flexibility index (Phi) is 2.55. The van der Waals surface area contributed by atoms with Gasteiger partial charge >= 0.3 is 0 Å². The molecule has 2 aliphatic heterocycles. The number of ether oxygens (including phenoxy) is 2. The van der Waals surface area contributed by atoms with Crippen LogP contribution in [0, 0.1) is 0 Å². The molecule has 0 aliphatic carbocycles. The van der Waals surface area contributed by atoms with Crippen molar-refractivity contribution in [2.75, 3.05) is 26.3 Å². The maximum Gasteiger partial charge on any atom is 0.203 e. The van der Waals surface area contributed by atoms with E-state index in [0.29, 0.717) is 39.1 Å². The first kappa shape index (κ1) is 9.39. The van der Waals surface area contributed by atoms with Gasteiger partial charge in [-0.05, 0) is 0 Å². The molecular weight excluding hydrogens is 194 g/mol. The summed E-state index contributed by atoms with van der Waals surface area (Å²) in [7, 11) is -2.43. The molecule has 0 aromatic rings. The third-order valence-electron chi connectivity index (χ3n) is 2.55.